The van der Waals surface area contributed by atoms with Crippen molar-refractivity contribution in [3.05, 3.63) is 0 Å². The van der Waals surface area contributed by atoms with Crippen molar-refractivity contribution in [2.75, 3.05) is 19.0 Å². The number of rotatable bonds is 16. The maximum absolute atomic E-state index is 9.12. The molecule has 0 bridgehead atoms. The third-order valence-corrected chi connectivity index (χ3v) is 4.77. The van der Waals surface area contributed by atoms with Gasteiger partial charge in [-0.15, -0.1) is 0 Å². The molecule has 134 valence electrons. The highest BCUT2D eigenvalue weighted by Crippen LogP contribution is 2.35. The molecule has 1 N–H and O–H groups in total. The van der Waals surface area contributed by atoms with E-state index in [0.717, 1.165) is 37.1 Å². The summed E-state index contributed by atoms with van der Waals surface area (Å²) in [4.78, 5) is 0. The van der Waals surface area contributed by atoms with Crippen molar-refractivity contribution in [2.45, 2.75) is 91.3 Å². The number of hydrogen-bond acceptors (Lipinski definition) is 4. The Kier molecular flexibility index (Phi) is 15.0. The summed E-state index contributed by atoms with van der Waals surface area (Å²) in [6.07, 6.45) is 10.8. The highest BCUT2D eigenvalue weighted by Gasteiger charge is 2.38. The van der Waals surface area contributed by atoms with Gasteiger partial charge in [-0.3, -0.25) is 0 Å². The fourth-order valence-electron chi connectivity index (χ4n) is 3.21. The third kappa shape index (κ3) is 8.76. The van der Waals surface area contributed by atoms with Gasteiger partial charge in [0, 0.05) is 24.9 Å². The first kappa shape index (κ1) is 22.2. The van der Waals surface area contributed by atoms with Crippen LogP contribution < -0.4 is 0 Å². The molecule has 0 aromatic carbocycles. The topological polar surface area (TPSA) is 38.7 Å². The molecule has 0 aliphatic heterocycles. The second kappa shape index (κ2) is 14.8. The van der Waals surface area contributed by atoms with E-state index in [1.807, 2.05) is 13.8 Å². The molecule has 3 nitrogen and oxygen atoms in total. The van der Waals surface area contributed by atoms with Gasteiger partial charge < -0.3 is 14.0 Å². The molecule has 0 aliphatic rings. The van der Waals surface area contributed by atoms with Gasteiger partial charge in [0.2, 0.25) is 0 Å². The molecule has 0 amide bonds. The first-order valence-electron chi connectivity index (χ1n) is 9.24. The van der Waals surface area contributed by atoms with Crippen LogP contribution in [0.5, 0.6) is 0 Å². The van der Waals surface area contributed by atoms with Gasteiger partial charge >= 0.3 is 0 Å². The zero-order valence-corrected chi connectivity index (χ0v) is 16.1. The molecule has 1 atom stereocenters. The summed E-state index contributed by atoms with van der Waals surface area (Å²) in [5, 5.41) is 0. The average Bonchev–Trinajstić information content (AvgIpc) is 2.53. The standard InChI is InChI=1S/C18H38O3S/c1-5-9-10-11-12-13-14-17(15-16-22-19)18(6-2,20-7-3)21-8-4/h17,19H,5-16H2,1-4H3. The van der Waals surface area contributed by atoms with Crippen LogP contribution in [-0.4, -0.2) is 29.3 Å². The number of hydrogen-bond donors (Lipinski definition) is 1. The van der Waals surface area contributed by atoms with Crippen molar-refractivity contribution in [3.8, 4) is 0 Å². The van der Waals surface area contributed by atoms with Crippen molar-refractivity contribution in [3.63, 3.8) is 0 Å². The van der Waals surface area contributed by atoms with Gasteiger partial charge in [0.25, 0.3) is 0 Å². The summed E-state index contributed by atoms with van der Waals surface area (Å²) < 4.78 is 21.2. The van der Waals surface area contributed by atoms with Crippen molar-refractivity contribution >= 4 is 12.0 Å². The third-order valence-electron chi connectivity index (χ3n) is 4.36. The van der Waals surface area contributed by atoms with E-state index in [0.29, 0.717) is 19.1 Å². The van der Waals surface area contributed by atoms with Crippen molar-refractivity contribution in [1.82, 2.24) is 0 Å². The summed E-state index contributed by atoms with van der Waals surface area (Å²) in [6.45, 7) is 9.81. The van der Waals surface area contributed by atoms with Crippen LogP contribution in [-0.2, 0) is 9.47 Å². The van der Waals surface area contributed by atoms with E-state index < -0.39 is 5.79 Å². The molecule has 0 saturated carbocycles. The maximum Gasteiger partial charge on any atom is 0.170 e. The van der Waals surface area contributed by atoms with Gasteiger partial charge in [-0.25, -0.2) is 0 Å². The lowest BCUT2D eigenvalue weighted by Crippen LogP contribution is -2.43. The molecular formula is C18H38O3S. The second-order valence-corrected chi connectivity index (χ2v) is 6.57. The first-order chi connectivity index (χ1) is 10.7. The minimum atomic E-state index is -0.470. The summed E-state index contributed by atoms with van der Waals surface area (Å²) in [5.74, 6) is 0.647. The van der Waals surface area contributed by atoms with Crippen molar-refractivity contribution in [1.29, 1.82) is 0 Å². The molecule has 0 radical (unpaired) electrons. The smallest absolute Gasteiger partial charge is 0.170 e. The summed E-state index contributed by atoms with van der Waals surface area (Å²) in [6, 6.07) is 0. The summed E-state index contributed by atoms with van der Waals surface area (Å²) >= 11 is 0.932. The highest BCUT2D eigenvalue weighted by atomic mass is 32.2. The predicted octanol–water partition coefficient (Wildman–Crippen LogP) is 6.13. The lowest BCUT2D eigenvalue weighted by molar-refractivity contribution is -0.267. The largest absolute Gasteiger partial charge is 0.350 e. The van der Waals surface area contributed by atoms with Crippen LogP contribution in [0.4, 0.5) is 0 Å². The zero-order valence-electron chi connectivity index (χ0n) is 15.2. The average molecular weight is 335 g/mol. The molecule has 0 rings (SSSR count). The minimum absolute atomic E-state index is 0.364. The van der Waals surface area contributed by atoms with Crippen LogP contribution in [0.15, 0.2) is 0 Å². The Balaban J connectivity index is 4.53. The van der Waals surface area contributed by atoms with Gasteiger partial charge in [0.05, 0.1) is 0 Å². The molecule has 0 fully saturated rings. The van der Waals surface area contributed by atoms with Crippen LogP contribution in [0.25, 0.3) is 0 Å². The Morgan fingerprint density at radius 3 is 1.95 bits per heavy atom. The van der Waals surface area contributed by atoms with Crippen molar-refractivity contribution < 1.29 is 14.0 Å². The van der Waals surface area contributed by atoms with Crippen LogP contribution in [0, 0.1) is 5.92 Å². The van der Waals surface area contributed by atoms with Gasteiger partial charge in [-0.1, -0.05) is 52.4 Å². The Bertz CT molecular complexity index is 230. The SMILES string of the molecule is CCCCCCCCC(CCSO)C(CC)(OCC)OCC. The first-order valence-corrected chi connectivity index (χ1v) is 10.2. The maximum atomic E-state index is 9.12. The van der Waals surface area contributed by atoms with Crippen LogP contribution in [0.3, 0.4) is 0 Å². The predicted molar refractivity (Wildman–Crippen MR) is 97.5 cm³/mol. The molecule has 0 aliphatic carbocycles. The zero-order chi connectivity index (χ0) is 16.7. The van der Waals surface area contributed by atoms with E-state index in [1.165, 1.54) is 38.5 Å². The van der Waals surface area contributed by atoms with Gasteiger partial charge in [-0.05, 0) is 45.2 Å². The van der Waals surface area contributed by atoms with Crippen molar-refractivity contribution in [2.24, 2.45) is 5.92 Å². The van der Waals surface area contributed by atoms with E-state index in [2.05, 4.69) is 13.8 Å². The van der Waals surface area contributed by atoms with Crippen LogP contribution in [0.2, 0.25) is 0 Å². The van der Waals surface area contributed by atoms with E-state index in [-0.39, 0.29) is 0 Å². The Hall–Kier alpha value is 0.230. The lowest BCUT2D eigenvalue weighted by atomic mass is 9.87. The summed E-state index contributed by atoms with van der Waals surface area (Å²) in [5.41, 5.74) is 0. The molecular weight excluding hydrogens is 296 g/mol. The van der Waals surface area contributed by atoms with E-state index in [9.17, 15) is 0 Å². The minimum Gasteiger partial charge on any atom is -0.350 e. The molecule has 0 heterocycles. The van der Waals surface area contributed by atoms with Gasteiger partial charge in [-0.2, -0.15) is 0 Å². The van der Waals surface area contributed by atoms with Crippen LogP contribution in [0.1, 0.15) is 85.5 Å². The molecule has 4 heteroatoms. The number of unbranched alkanes of at least 4 members (excludes halogenated alkanes) is 5. The summed E-state index contributed by atoms with van der Waals surface area (Å²) in [7, 11) is 0. The van der Waals surface area contributed by atoms with E-state index in [4.69, 9.17) is 14.0 Å². The Morgan fingerprint density at radius 2 is 1.45 bits per heavy atom. The number of ether oxygens (including phenoxy) is 2. The Labute approximate surface area is 142 Å². The van der Waals surface area contributed by atoms with Crippen LogP contribution >= 0.6 is 12.0 Å². The second-order valence-electron chi connectivity index (χ2n) is 5.91. The van der Waals surface area contributed by atoms with E-state index >= 15 is 0 Å². The monoisotopic (exact) mass is 334 g/mol. The Morgan fingerprint density at radius 1 is 0.864 bits per heavy atom. The lowest BCUT2D eigenvalue weighted by Gasteiger charge is -2.39. The molecule has 1 unspecified atom stereocenters. The fourth-order valence-corrected chi connectivity index (χ4v) is 3.60. The molecule has 0 aromatic rings. The van der Waals surface area contributed by atoms with Gasteiger partial charge in [0.1, 0.15) is 0 Å². The highest BCUT2D eigenvalue weighted by molar-refractivity contribution is 7.93. The normalized spacial score (nSPS) is 13.5. The van der Waals surface area contributed by atoms with Gasteiger partial charge in [0.15, 0.2) is 5.79 Å². The van der Waals surface area contributed by atoms with E-state index in [1.54, 1.807) is 0 Å². The quantitative estimate of drug-likeness (QED) is 0.209. The molecule has 0 spiro atoms. The molecule has 0 aromatic heterocycles. The molecule has 22 heavy (non-hydrogen) atoms. The molecule has 0 saturated heterocycles. The fraction of sp³-hybridized carbons (Fsp3) is 1.00.